The molecule has 8 heteroatoms. The van der Waals surface area contributed by atoms with Gasteiger partial charge in [-0.2, -0.15) is 0 Å². The Morgan fingerprint density at radius 2 is 1.80 bits per heavy atom. The summed E-state index contributed by atoms with van der Waals surface area (Å²) in [6, 6.07) is 9.72. The van der Waals surface area contributed by atoms with Crippen molar-refractivity contribution in [2.45, 2.75) is 19.3 Å². The van der Waals surface area contributed by atoms with Crippen molar-refractivity contribution in [1.29, 1.82) is 0 Å². The van der Waals surface area contributed by atoms with Crippen LogP contribution in [0.25, 0.3) is 0 Å². The van der Waals surface area contributed by atoms with Crippen molar-refractivity contribution < 1.29 is 32.2 Å². The van der Waals surface area contributed by atoms with Crippen LogP contribution in [0.15, 0.2) is 42.5 Å². The van der Waals surface area contributed by atoms with Crippen molar-refractivity contribution in [3.8, 4) is 17.2 Å². The zero-order chi connectivity index (χ0) is 18.0. The quantitative estimate of drug-likeness (QED) is 0.908. The van der Waals surface area contributed by atoms with Crippen molar-refractivity contribution in [3.63, 3.8) is 0 Å². The number of alkyl halides is 3. The molecule has 0 radical (unpaired) electrons. The summed E-state index contributed by atoms with van der Waals surface area (Å²) in [7, 11) is 0. The highest BCUT2D eigenvalue weighted by Crippen LogP contribution is 2.34. The number of nitrogens with one attached hydrogen (secondary N) is 1. The fraction of sp³-hybridized carbons (Fsp3) is 0.235. The van der Waals surface area contributed by atoms with Crippen molar-refractivity contribution in [3.05, 3.63) is 53.6 Å². The standard InChI is InChI=1S/C17H14F3NO4/c1-10(12-4-7-14-15(8-12)24-9-23-14)21-16(22)11-2-5-13(6-3-11)25-17(18,19)20/h2-8,10H,9H2,1H3,(H,21,22)/t10-/m1/s1. The Hall–Kier alpha value is -2.90. The number of carbonyl (C=O) groups excluding carboxylic acids is 1. The molecule has 132 valence electrons. The molecule has 1 heterocycles. The summed E-state index contributed by atoms with van der Waals surface area (Å²) in [4.78, 5) is 12.2. The van der Waals surface area contributed by atoms with Gasteiger partial charge in [0.2, 0.25) is 6.79 Å². The number of halogens is 3. The van der Waals surface area contributed by atoms with E-state index in [1.807, 2.05) is 0 Å². The molecular weight excluding hydrogens is 339 g/mol. The summed E-state index contributed by atoms with van der Waals surface area (Å²) in [5, 5.41) is 2.77. The van der Waals surface area contributed by atoms with Gasteiger partial charge in [-0.15, -0.1) is 13.2 Å². The fourth-order valence-corrected chi connectivity index (χ4v) is 2.35. The van der Waals surface area contributed by atoms with E-state index < -0.39 is 12.3 Å². The van der Waals surface area contributed by atoms with Gasteiger partial charge in [0.1, 0.15) is 5.75 Å². The topological polar surface area (TPSA) is 56.8 Å². The van der Waals surface area contributed by atoms with Crippen LogP contribution in [0.5, 0.6) is 17.2 Å². The molecule has 25 heavy (non-hydrogen) atoms. The van der Waals surface area contributed by atoms with Crippen LogP contribution in [0, 0.1) is 0 Å². The third-order valence-corrected chi connectivity index (χ3v) is 3.59. The van der Waals surface area contributed by atoms with Gasteiger partial charge >= 0.3 is 6.36 Å². The van der Waals surface area contributed by atoms with Gasteiger partial charge in [-0.05, 0) is 48.9 Å². The molecule has 1 aliphatic rings. The maximum Gasteiger partial charge on any atom is 0.573 e. The number of carbonyl (C=O) groups is 1. The smallest absolute Gasteiger partial charge is 0.454 e. The van der Waals surface area contributed by atoms with Crippen LogP contribution in [0.2, 0.25) is 0 Å². The predicted molar refractivity (Wildman–Crippen MR) is 81.6 cm³/mol. The Bertz CT molecular complexity index is 774. The molecule has 2 aromatic carbocycles. The number of hydrogen-bond donors (Lipinski definition) is 1. The molecule has 5 nitrogen and oxygen atoms in total. The van der Waals surface area contributed by atoms with Gasteiger partial charge in [0, 0.05) is 5.56 Å². The number of benzene rings is 2. The molecule has 0 bridgehead atoms. The van der Waals surface area contributed by atoms with Gasteiger partial charge in [0.15, 0.2) is 11.5 Å². The number of ether oxygens (including phenoxy) is 3. The average Bonchev–Trinajstić information content (AvgIpc) is 3.01. The molecule has 1 amide bonds. The monoisotopic (exact) mass is 353 g/mol. The maximum absolute atomic E-state index is 12.2. The van der Waals surface area contributed by atoms with Gasteiger partial charge in [-0.3, -0.25) is 4.79 Å². The van der Waals surface area contributed by atoms with Crippen LogP contribution in [0.4, 0.5) is 13.2 Å². The predicted octanol–water partition coefficient (Wildman–Crippen LogP) is 3.80. The number of rotatable bonds is 4. The summed E-state index contributed by atoms with van der Waals surface area (Å²) < 4.78 is 50.7. The van der Waals surface area contributed by atoms with Crippen LogP contribution in [-0.2, 0) is 0 Å². The SMILES string of the molecule is C[C@@H](NC(=O)c1ccc(OC(F)(F)F)cc1)c1ccc2c(c1)OCO2. The number of fused-ring (bicyclic) bond motifs is 1. The lowest BCUT2D eigenvalue weighted by Gasteiger charge is -2.15. The van der Waals surface area contributed by atoms with E-state index in [-0.39, 0.29) is 24.1 Å². The second-order valence-electron chi connectivity index (χ2n) is 5.38. The Balaban J connectivity index is 1.65. The minimum atomic E-state index is -4.77. The Morgan fingerprint density at radius 1 is 1.12 bits per heavy atom. The minimum Gasteiger partial charge on any atom is -0.454 e. The molecular formula is C17H14F3NO4. The van der Waals surface area contributed by atoms with Crippen molar-refractivity contribution >= 4 is 5.91 Å². The van der Waals surface area contributed by atoms with E-state index in [9.17, 15) is 18.0 Å². The first-order chi connectivity index (χ1) is 11.8. The first kappa shape index (κ1) is 16.9. The van der Waals surface area contributed by atoms with E-state index in [2.05, 4.69) is 10.1 Å². The summed E-state index contributed by atoms with van der Waals surface area (Å²) >= 11 is 0. The third-order valence-electron chi connectivity index (χ3n) is 3.59. The molecule has 0 aromatic heterocycles. The van der Waals surface area contributed by atoms with E-state index in [1.54, 1.807) is 25.1 Å². The summed E-state index contributed by atoms with van der Waals surface area (Å²) in [6.45, 7) is 1.95. The average molecular weight is 353 g/mol. The Kier molecular flexibility index (Phi) is 4.43. The molecule has 3 rings (SSSR count). The van der Waals surface area contributed by atoms with Crippen molar-refractivity contribution in [2.75, 3.05) is 6.79 Å². The summed E-state index contributed by atoms with van der Waals surface area (Å²) in [5.74, 6) is 0.450. The largest absolute Gasteiger partial charge is 0.573 e. The number of hydrogen-bond acceptors (Lipinski definition) is 4. The Morgan fingerprint density at radius 3 is 2.48 bits per heavy atom. The molecule has 1 atom stereocenters. The van der Waals surface area contributed by atoms with Crippen molar-refractivity contribution in [2.24, 2.45) is 0 Å². The molecule has 0 aliphatic carbocycles. The summed E-state index contributed by atoms with van der Waals surface area (Å²) in [5.41, 5.74) is 1.04. The molecule has 0 saturated carbocycles. The molecule has 1 aliphatic heterocycles. The number of amides is 1. The molecule has 0 fully saturated rings. The molecule has 1 N–H and O–H groups in total. The van der Waals surface area contributed by atoms with Crippen LogP contribution in [0.1, 0.15) is 28.9 Å². The zero-order valence-corrected chi connectivity index (χ0v) is 13.1. The lowest BCUT2D eigenvalue weighted by Crippen LogP contribution is -2.26. The normalized spacial score (nSPS) is 14.1. The first-order valence-corrected chi connectivity index (χ1v) is 7.38. The van der Waals surface area contributed by atoms with E-state index in [0.29, 0.717) is 11.5 Å². The van der Waals surface area contributed by atoms with E-state index in [0.717, 1.165) is 17.7 Å². The highest BCUT2D eigenvalue weighted by molar-refractivity contribution is 5.94. The lowest BCUT2D eigenvalue weighted by molar-refractivity contribution is -0.274. The van der Waals surface area contributed by atoms with Crippen LogP contribution >= 0.6 is 0 Å². The summed E-state index contributed by atoms with van der Waals surface area (Å²) in [6.07, 6.45) is -4.77. The van der Waals surface area contributed by atoms with Crippen LogP contribution in [-0.4, -0.2) is 19.1 Å². The highest BCUT2D eigenvalue weighted by atomic mass is 19.4. The zero-order valence-electron chi connectivity index (χ0n) is 13.1. The van der Waals surface area contributed by atoms with E-state index in [4.69, 9.17) is 9.47 Å². The van der Waals surface area contributed by atoms with Gasteiger partial charge in [-0.1, -0.05) is 6.07 Å². The van der Waals surface area contributed by atoms with Gasteiger partial charge in [0.05, 0.1) is 6.04 Å². The highest BCUT2D eigenvalue weighted by Gasteiger charge is 2.31. The van der Waals surface area contributed by atoms with E-state index in [1.165, 1.54) is 12.1 Å². The second-order valence-corrected chi connectivity index (χ2v) is 5.38. The fourth-order valence-electron chi connectivity index (χ4n) is 2.35. The Labute approximate surface area is 141 Å². The second kappa shape index (κ2) is 6.54. The lowest BCUT2D eigenvalue weighted by atomic mass is 10.1. The van der Waals surface area contributed by atoms with Crippen LogP contribution in [0.3, 0.4) is 0 Å². The maximum atomic E-state index is 12.2. The minimum absolute atomic E-state index is 0.159. The first-order valence-electron chi connectivity index (χ1n) is 7.38. The van der Waals surface area contributed by atoms with E-state index >= 15 is 0 Å². The van der Waals surface area contributed by atoms with Crippen LogP contribution < -0.4 is 19.5 Å². The third kappa shape index (κ3) is 4.14. The molecule has 2 aromatic rings. The molecule has 0 saturated heterocycles. The van der Waals surface area contributed by atoms with Gasteiger partial charge in [-0.25, -0.2) is 0 Å². The van der Waals surface area contributed by atoms with Gasteiger partial charge in [0.25, 0.3) is 5.91 Å². The van der Waals surface area contributed by atoms with Gasteiger partial charge < -0.3 is 19.5 Å². The van der Waals surface area contributed by atoms with Crippen molar-refractivity contribution in [1.82, 2.24) is 5.32 Å². The molecule has 0 unspecified atom stereocenters. The molecule has 0 spiro atoms.